The molecule has 0 aliphatic carbocycles. The van der Waals surface area contributed by atoms with E-state index in [0.717, 1.165) is 25.9 Å². The van der Waals surface area contributed by atoms with Gasteiger partial charge in [0.1, 0.15) is 11.6 Å². The van der Waals surface area contributed by atoms with Gasteiger partial charge in [-0.1, -0.05) is 18.2 Å². The second kappa shape index (κ2) is 9.94. The van der Waals surface area contributed by atoms with Crippen molar-refractivity contribution >= 4 is 35.1 Å². The zero-order chi connectivity index (χ0) is 23.2. The summed E-state index contributed by atoms with van der Waals surface area (Å²) in [5.74, 6) is -0.589. The normalized spacial score (nSPS) is 12.9. The zero-order valence-electron chi connectivity index (χ0n) is 17.8. The topological polar surface area (TPSA) is 125 Å². The number of nitrogens with zero attached hydrogens (tertiary/aromatic N) is 3. The second-order valence-corrected chi connectivity index (χ2v) is 7.63. The molecule has 1 saturated heterocycles. The van der Waals surface area contributed by atoms with Crippen molar-refractivity contribution < 1.29 is 14.0 Å². The number of nitrogens with one attached hydrogen (secondary N) is 3. The fraction of sp³-hybridized carbons (Fsp3) is 0.217. The summed E-state index contributed by atoms with van der Waals surface area (Å²) in [4.78, 5) is 34.4. The number of nitrogens with two attached hydrogens (primary N) is 1. The van der Waals surface area contributed by atoms with Crippen LogP contribution in [-0.2, 0) is 6.54 Å². The van der Waals surface area contributed by atoms with Crippen LogP contribution in [0, 0.1) is 5.82 Å². The highest BCUT2D eigenvalue weighted by molar-refractivity contribution is 5.97. The molecule has 0 atom stereocenters. The number of hydrogen-bond donors (Lipinski definition) is 4. The Kier molecular flexibility index (Phi) is 6.63. The smallest absolute Gasteiger partial charge is 0.321 e. The van der Waals surface area contributed by atoms with Crippen molar-refractivity contribution in [3.05, 3.63) is 71.7 Å². The highest BCUT2D eigenvalue weighted by Crippen LogP contribution is 2.21. The lowest BCUT2D eigenvalue weighted by molar-refractivity contribution is 0.100. The summed E-state index contributed by atoms with van der Waals surface area (Å²) in [6.07, 6.45) is 3.36. The molecular weight excluding hydrogens is 425 g/mol. The lowest BCUT2D eigenvalue weighted by Gasteiger charge is -2.16. The van der Waals surface area contributed by atoms with Crippen molar-refractivity contribution in [1.82, 2.24) is 14.9 Å². The molecule has 33 heavy (non-hydrogen) atoms. The summed E-state index contributed by atoms with van der Waals surface area (Å²) in [6.45, 7) is 1.76. The number of amides is 3. The number of halogens is 1. The molecule has 0 saturated carbocycles. The molecule has 0 spiro atoms. The molecule has 0 radical (unpaired) electrons. The van der Waals surface area contributed by atoms with Crippen LogP contribution in [0.25, 0.3) is 0 Å². The van der Waals surface area contributed by atoms with Gasteiger partial charge < -0.3 is 26.6 Å². The Labute approximate surface area is 190 Å². The molecular formula is C23H24FN7O2. The average Bonchev–Trinajstić information content (AvgIpc) is 3.33. The minimum absolute atomic E-state index is 0.114. The molecule has 1 aromatic heterocycles. The van der Waals surface area contributed by atoms with E-state index in [4.69, 9.17) is 5.73 Å². The van der Waals surface area contributed by atoms with Crippen molar-refractivity contribution in [2.24, 2.45) is 5.73 Å². The maximum atomic E-state index is 13.4. The molecule has 0 bridgehead atoms. The molecule has 3 amide bonds. The summed E-state index contributed by atoms with van der Waals surface area (Å²) in [5.41, 5.74) is 7.52. The fourth-order valence-corrected chi connectivity index (χ4v) is 3.52. The molecule has 9 nitrogen and oxygen atoms in total. The third kappa shape index (κ3) is 5.73. The molecule has 1 aliphatic rings. The average molecular weight is 449 g/mol. The standard InChI is InChI=1S/C23H24FN7O2/c24-16-6-3-5-15(11-16)13-26-21-19(20(25)32)14-27-22(30-21)28-17-7-4-8-18(12-17)29-23(33)31-9-1-2-10-31/h3-8,11-12,14H,1-2,9-10,13H2,(H2,25,32)(H,29,33)(H2,26,27,28,30). The van der Waals surface area contributed by atoms with Crippen LogP contribution < -0.4 is 21.7 Å². The van der Waals surface area contributed by atoms with Crippen molar-refractivity contribution in [2.45, 2.75) is 19.4 Å². The van der Waals surface area contributed by atoms with E-state index in [2.05, 4.69) is 25.9 Å². The van der Waals surface area contributed by atoms with E-state index in [1.165, 1.54) is 18.3 Å². The van der Waals surface area contributed by atoms with Crippen molar-refractivity contribution in [3.8, 4) is 0 Å². The van der Waals surface area contributed by atoms with Crippen LogP contribution >= 0.6 is 0 Å². The van der Waals surface area contributed by atoms with Crippen molar-refractivity contribution in [2.75, 3.05) is 29.0 Å². The first-order valence-corrected chi connectivity index (χ1v) is 10.6. The summed E-state index contributed by atoms with van der Waals surface area (Å²) >= 11 is 0. The lowest BCUT2D eigenvalue weighted by Crippen LogP contribution is -2.32. The second-order valence-electron chi connectivity index (χ2n) is 7.63. The largest absolute Gasteiger partial charge is 0.365 e. The SMILES string of the molecule is NC(=O)c1cnc(Nc2cccc(NC(=O)N3CCCC3)c2)nc1NCc1cccc(F)c1. The number of carbonyl (C=O) groups excluding carboxylic acids is 2. The van der Waals surface area contributed by atoms with E-state index in [9.17, 15) is 14.0 Å². The maximum Gasteiger partial charge on any atom is 0.321 e. The first kappa shape index (κ1) is 22.0. The van der Waals surface area contributed by atoms with Gasteiger partial charge in [0.2, 0.25) is 5.95 Å². The van der Waals surface area contributed by atoms with Gasteiger partial charge in [0.15, 0.2) is 0 Å². The summed E-state index contributed by atoms with van der Waals surface area (Å²) in [7, 11) is 0. The Morgan fingerprint density at radius 1 is 1.06 bits per heavy atom. The van der Waals surface area contributed by atoms with Gasteiger partial charge in [-0.3, -0.25) is 4.79 Å². The van der Waals surface area contributed by atoms with E-state index >= 15 is 0 Å². The van der Waals surface area contributed by atoms with Gasteiger partial charge in [0.25, 0.3) is 5.91 Å². The van der Waals surface area contributed by atoms with Crippen LogP contribution in [-0.4, -0.2) is 39.9 Å². The highest BCUT2D eigenvalue weighted by atomic mass is 19.1. The molecule has 4 rings (SSSR count). The van der Waals surface area contributed by atoms with Crippen molar-refractivity contribution in [3.63, 3.8) is 0 Å². The third-order valence-electron chi connectivity index (χ3n) is 5.17. The number of likely N-dealkylation sites (tertiary alicyclic amines) is 1. The fourth-order valence-electron chi connectivity index (χ4n) is 3.52. The van der Waals surface area contributed by atoms with Gasteiger partial charge in [0, 0.05) is 37.2 Å². The number of anilines is 4. The van der Waals surface area contributed by atoms with Gasteiger partial charge in [0.05, 0.1) is 5.56 Å². The number of primary amides is 1. The molecule has 10 heteroatoms. The molecule has 3 aromatic rings. The van der Waals surface area contributed by atoms with Crippen LogP contribution in [0.4, 0.5) is 32.3 Å². The number of benzene rings is 2. The molecule has 1 fully saturated rings. The van der Waals surface area contributed by atoms with Gasteiger partial charge >= 0.3 is 6.03 Å². The summed E-state index contributed by atoms with van der Waals surface area (Å²) < 4.78 is 13.4. The van der Waals surface area contributed by atoms with E-state index in [1.807, 2.05) is 0 Å². The number of urea groups is 1. The minimum atomic E-state index is -0.685. The summed E-state index contributed by atoms with van der Waals surface area (Å²) in [5, 5.41) is 8.96. The van der Waals surface area contributed by atoms with Gasteiger partial charge in [-0.05, 0) is 48.7 Å². The molecule has 2 heterocycles. The minimum Gasteiger partial charge on any atom is -0.365 e. The van der Waals surface area contributed by atoms with Gasteiger partial charge in [-0.2, -0.15) is 4.98 Å². The van der Waals surface area contributed by atoms with E-state index in [1.54, 1.807) is 41.3 Å². The van der Waals surface area contributed by atoms with Crippen LogP contribution in [0.15, 0.2) is 54.7 Å². The first-order valence-electron chi connectivity index (χ1n) is 10.6. The third-order valence-corrected chi connectivity index (χ3v) is 5.17. The maximum absolute atomic E-state index is 13.4. The Morgan fingerprint density at radius 2 is 1.82 bits per heavy atom. The number of hydrogen-bond acceptors (Lipinski definition) is 6. The van der Waals surface area contributed by atoms with Gasteiger partial charge in [-0.25, -0.2) is 14.2 Å². The Balaban J connectivity index is 1.48. The quantitative estimate of drug-likeness (QED) is 0.436. The molecule has 0 unspecified atom stereocenters. The van der Waals surface area contributed by atoms with Gasteiger partial charge in [-0.15, -0.1) is 0 Å². The van der Waals surface area contributed by atoms with Crippen molar-refractivity contribution in [1.29, 1.82) is 0 Å². The first-order chi connectivity index (χ1) is 16.0. The summed E-state index contributed by atoms with van der Waals surface area (Å²) in [6, 6.07) is 13.1. The van der Waals surface area contributed by atoms with Crippen LogP contribution in [0.2, 0.25) is 0 Å². The number of rotatable bonds is 7. The predicted molar refractivity (Wildman–Crippen MR) is 124 cm³/mol. The van der Waals surface area contributed by atoms with E-state index in [0.29, 0.717) is 16.9 Å². The zero-order valence-corrected chi connectivity index (χ0v) is 17.8. The molecule has 2 aromatic carbocycles. The van der Waals surface area contributed by atoms with Crippen LogP contribution in [0.1, 0.15) is 28.8 Å². The Bertz CT molecular complexity index is 1170. The van der Waals surface area contributed by atoms with Crippen LogP contribution in [0.3, 0.4) is 0 Å². The predicted octanol–water partition coefficient (Wildman–Crippen LogP) is 3.70. The molecule has 170 valence electrons. The number of aromatic nitrogens is 2. The molecule has 5 N–H and O–H groups in total. The molecule has 1 aliphatic heterocycles. The van der Waals surface area contributed by atoms with E-state index < -0.39 is 5.91 Å². The Morgan fingerprint density at radius 3 is 2.58 bits per heavy atom. The number of carbonyl (C=O) groups is 2. The lowest BCUT2D eigenvalue weighted by atomic mass is 10.2. The Hall–Kier alpha value is -4.21. The van der Waals surface area contributed by atoms with Crippen LogP contribution in [0.5, 0.6) is 0 Å². The highest BCUT2D eigenvalue weighted by Gasteiger charge is 2.18. The van der Waals surface area contributed by atoms with E-state index in [-0.39, 0.29) is 35.7 Å². The monoisotopic (exact) mass is 449 g/mol.